The Morgan fingerprint density at radius 1 is 1.53 bits per heavy atom. The smallest absolute Gasteiger partial charge is 0.417 e. The van der Waals surface area contributed by atoms with Crippen LogP contribution in [0.4, 0.5) is 0 Å². The van der Waals surface area contributed by atoms with Crippen LogP contribution in [0.3, 0.4) is 0 Å². The van der Waals surface area contributed by atoms with Gasteiger partial charge in [-0.2, -0.15) is 0 Å². The van der Waals surface area contributed by atoms with E-state index in [1.807, 2.05) is 0 Å². The van der Waals surface area contributed by atoms with Gasteiger partial charge in [-0.3, -0.25) is 9.78 Å². The Kier molecular flexibility index (Phi) is 3.20. The summed E-state index contributed by atoms with van der Waals surface area (Å²) < 4.78 is 4.91. The Morgan fingerprint density at radius 2 is 2.21 bits per heavy atom. The maximum absolute atomic E-state index is 11.1. The van der Waals surface area contributed by atoms with E-state index in [2.05, 4.69) is 4.98 Å². The zero-order valence-corrected chi connectivity index (χ0v) is 10.8. The lowest BCUT2D eigenvalue weighted by Gasteiger charge is -2.30. The van der Waals surface area contributed by atoms with Crippen molar-refractivity contribution in [1.82, 2.24) is 4.98 Å². The van der Waals surface area contributed by atoms with E-state index < -0.39 is 23.2 Å². The van der Waals surface area contributed by atoms with Crippen molar-refractivity contribution in [2.24, 2.45) is 11.1 Å². The zero-order chi connectivity index (χ0) is 14.2. The molecule has 19 heavy (non-hydrogen) atoms. The molecule has 1 aromatic carbocycles. The standard InChI is InChI=1S/C13H16N2O4/c1-13(2,6-10(16)17)11(14)7-3-4-9-8(5-7)15-12(18)19-9/h3-5,11H,6,14H2,1-2H3,(H,15,18)(H,16,17). The molecule has 6 heteroatoms. The number of aliphatic carboxylic acids is 1. The summed E-state index contributed by atoms with van der Waals surface area (Å²) in [6.45, 7) is 3.60. The first-order valence-electron chi connectivity index (χ1n) is 5.90. The predicted molar refractivity (Wildman–Crippen MR) is 69.8 cm³/mol. The molecular formula is C13H16N2O4. The average Bonchev–Trinajstić information content (AvgIpc) is 2.65. The highest BCUT2D eigenvalue weighted by Gasteiger charge is 2.30. The van der Waals surface area contributed by atoms with Crippen LogP contribution < -0.4 is 11.5 Å². The highest BCUT2D eigenvalue weighted by atomic mass is 16.4. The molecule has 0 aliphatic heterocycles. The summed E-state index contributed by atoms with van der Waals surface area (Å²) in [5.74, 6) is -1.41. The van der Waals surface area contributed by atoms with E-state index in [-0.39, 0.29) is 6.42 Å². The molecule has 0 aliphatic rings. The van der Waals surface area contributed by atoms with E-state index in [0.29, 0.717) is 11.1 Å². The molecule has 102 valence electrons. The van der Waals surface area contributed by atoms with E-state index in [1.165, 1.54) is 0 Å². The minimum atomic E-state index is -0.891. The molecule has 0 amide bonds. The number of benzene rings is 1. The van der Waals surface area contributed by atoms with Gasteiger partial charge in [-0.05, 0) is 23.1 Å². The van der Waals surface area contributed by atoms with Crippen molar-refractivity contribution in [3.05, 3.63) is 34.3 Å². The number of fused-ring (bicyclic) bond motifs is 1. The number of carbonyl (C=O) groups is 1. The molecule has 1 unspecified atom stereocenters. The lowest BCUT2D eigenvalue weighted by molar-refractivity contribution is -0.139. The number of hydrogen-bond acceptors (Lipinski definition) is 4. The number of hydrogen-bond donors (Lipinski definition) is 3. The van der Waals surface area contributed by atoms with Gasteiger partial charge < -0.3 is 15.3 Å². The van der Waals surface area contributed by atoms with Gasteiger partial charge in [0.15, 0.2) is 5.58 Å². The second-order valence-electron chi connectivity index (χ2n) is 5.31. The van der Waals surface area contributed by atoms with Crippen molar-refractivity contribution in [3.8, 4) is 0 Å². The molecule has 1 aromatic heterocycles. The van der Waals surface area contributed by atoms with E-state index in [9.17, 15) is 9.59 Å². The van der Waals surface area contributed by atoms with Gasteiger partial charge in [-0.1, -0.05) is 19.9 Å². The monoisotopic (exact) mass is 264 g/mol. The first kappa shape index (κ1) is 13.4. The second kappa shape index (κ2) is 4.55. The van der Waals surface area contributed by atoms with Gasteiger partial charge in [0.1, 0.15) is 0 Å². The molecule has 4 N–H and O–H groups in total. The maximum Gasteiger partial charge on any atom is 0.417 e. The summed E-state index contributed by atoms with van der Waals surface area (Å²) in [4.78, 5) is 24.5. The molecule has 0 aliphatic carbocycles. The third-order valence-corrected chi connectivity index (χ3v) is 3.25. The van der Waals surface area contributed by atoms with E-state index in [0.717, 1.165) is 5.56 Å². The fraction of sp³-hybridized carbons (Fsp3) is 0.385. The van der Waals surface area contributed by atoms with Crippen LogP contribution in [0.5, 0.6) is 0 Å². The van der Waals surface area contributed by atoms with Gasteiger partial charge >= 0.3 is 11.7 Å². The molecule has 0 saturated carbocycles. The predicted octanol–water partition coefficient (Wildman–Crippen LogP) is 1.62. The Hall–Kier alpha value is -2.08. The quantitative estimate of drug-likeness (QED) is 0.777. The molecule has 2 rings (SSSR count). The summed E-state index contributed by atoms with van der Waals surface area (Å²) in [7, 11) is 0. The zero-order valence-electron chi connectivity index (χ0n) is 10.8. The largest absolute Gasteiger partial charge is 0.481 e. The van der Waals surface area contributed by atoms with Gasteiger partial charge in [0, 0.05) is 6.04 Å². The number of nitrogens with one attached hydrogen (secondary N) is 1. The van der Waals surface area contributed by atoms with Gasteiger partial charge in [-0.25, -0.2) is 4.79 Å². The van der Waals surface area contributed by atoms with Crippen LogP contribution in [0.2, 0.25) is 0 Å². The molecule has 0 radical (unpaired) electrons. The number of oxazole rings is 1. The van der Waals surface area contributed by atoms with Crippen LogP contribution in [-0.4, -0.2) is 16.1 Å². The van der Waals surface area contributed by atoms with Crippen LogP contribution in [0.15, 0.2) is 27.4 Å². The van der Waals surface area contributed by atoms with Crippen LogP contribution in [0.25, 0.3) is 11.1 Å². The van der Waals surface area contributed by atoms with E-state index in [1.54, 1.807) is 32.0 Å². The number of H-pyrrole nitrogens is 1. The molecule has 1 atom stereocenters. The fourth-order valence-corrected chi connectivity index (χ4v) is 2.11. The first-order chi connectivity index (χ1) is 8.79. The summed E-state index contributed by atoms with van der Waals surface area (Å²) >= 11 is 0. The van der Waals surface area contributed by atoms with Crippen LogP contribution in [0, 0.1) is 5.41 Å². The van der Waals surface area contributed by atoms with Crippen molar-refractivity contribution in [2.45, 2.75) is 26.3 Å². The SMILES string of the molecule is CC(C)(CC(=O)O)C(N)c1ccc2oc(=O)[nH]c2c1. The van der Waals surface area contributed by atoms with Crippen LogP contribution >= 0.6 is 0 Å². The number of aromatic amines is 1. The molecule has 1 heterocycles. The Bertz CT molecular complexity index is 669. The third-order valence-electron chi connectivity index (χ3n) is 3.25. The number of carboxylic acid groups (broad SMARTS) is 1. The summed E-state index contributed by atoms with van der Waals surface area (Å²) in [6, 6.07) is 4.66. The molecule has 0 bridgehead atoms. The van der Waals surface area contributed by atoms with Crippen molar-refractivity contribution < 1.29 is 14.3 Å². The summed E-state index contributed by atoms with van der Waals surface area (Å²) in [5, 5.41) is 8.90. The first-order valence-corrected chi connectivity index (χ1v) is 5.90. The molecule has 0 spiro atoms. The Labute approximate surface area is 109 Å². The number of carboxylic acids is 1. The molecule has 2 aromatic rings. The minimum absolute atomic E-state index is 0.0336. The Morgan fingerprint density at radius 3 is 2.84 bits per heavy atom. The lowest BCUT2D eigenvalue weighted by Crippen LogP contribution is -2.31. The highest BCUT2D eigenvalue weighted by Crippen LogP contribution is 2.35. The van der Waals surface area contributed by atoms with Crippen molar-refractivity contribution in [3.63, 3.8) is 0 Å². The molecular weight excluding hydrogens is 248 g/mol. The fourth-order valence-electron chi connectivity index (χ4n) is 2.11. The normalized spacial score (nSPS) is 13.6. The number of rotatable bonds is 4. The summed E-state index contributed by atoms with van der Waals surface area (Å²) in [6.07, 6.45) is -0.0336. The highest BCUT2D eigenvalue weighted by molar-refractivity contribution is 5.73. The van der Waals surface area contributed by atoms with Gasteiger partial charge in [0.25, 0.3) is 0 Å². The number of nitrogens with two attached hydrogens (primary N) is 1. The Balaban J connectivity index is 2.37. The van der Waals surface area contributed by atoms with Gasteiger partial charge in [0.05, 0.1) is 11.9 Å². The molecule has 6 nitrogen and oxygen atoms in total. The van der Waals surface area contributed by atoms with E-state index in [4.69, 9.17) is 15.3 Å². The topological polar surface area (TPSA) is 109 Å². The van der Waals surface area contributed by atoms with Crippen molar-refractivity contribution >= 4 is 17.1 Å². The van der Waals surface area contributed by atoms with Crippen molar-refractivity contribution in [2.75, 3.05) is 0 Å². The van der Waals surface area contributed by atoms with Crippen LogP contribution in [0.1, 0.15) is 31.9 Å². The molecule has 0 saturated heterocycles. The maximum atomic E-state index is 11.1. The van der Waals surface area contributed by atoms with Crippen molar-refractivity contribution in [1.29, 1.82) is 0 Å². The third kappa shape index (κ3) is 2.68. The van der Waals surface area contributed by atoms with Gasteiger partial charge in [0.2, 0.25) is 0 Å². The van der Waals surface area contributed by atoms with Gasteiger partial charge in [-0.15, -0.1) is 0 Å². The lowest BCUT2D eigenvalue weighted by atomic mass is 9.78. The molecule has 0 fully saturated rings. The van der Waals surface area contributed by atoms with Crippen LogP contribution in [-0.2, 0) is 4.79 Å². The number of aromatic nitrogens is 1. The average molecular weight is 264 g/mol. The minimum Gasteiger partial charge on any atom is -0.481 e. The second-order valence-corrected chi connectivity index (χ2v) is 5.31. The summed E-state index contributed by atoms with van der Waals surface area (Å²) in [5.41, 5.74) is 7.31. The van der Waals surface area contributed by atoms with E-state index >= 15 is 0 Å².